The van der Waals surface area contributed by atoms with Gasteiger partial charge in [0.2, 0.25) is 15.9 Å². The molecule has 2 aromatic carbocycles. The molecule has 4 aromatic rings. The van der Waals surface area contributed by atoms with Crippen LogP contribution in [0.4, 0.5) is 10.2 Å². The zero-order valence-electron chi connectivity index (χ0n) is 20.4. The number of fused-ring (bicyclic) bond motifs is 1. The van der Waals surface area contributed by atoms with Gasteiger partial charge in [-0.25, -0.2) is 32.2 Å². The van der Waals surface area contributed by atoms with E-state index in [0.717, 1.165) is 36.1 Å². The Morgan fingerprint density at radius 2 is 1.89 bits per heavy atom. The van der Waals surface area contributed by atoms with Crippen LogP contribution in [0.2, 0.25) is 0 Å². The number of carbonyl (C=O) groups is 1. The van der Waals surface area contributed by atoms with E-state index < -0.39 is 15.8 Å². The zero-order chi connectivity index (χ0) is 26.9. The standard InChI is InChI=1S/C26H26FN7O3S/c1-2-22(35)33-13-3-4-20(15-33)34-26-23(25(28)29-16-30-26)24(32-34)18-7-5-17(6-8-18)14-31-38(36,37)21-11-9-19(27)10-12-21/h2,5-12,16,20,31H,1,3-4,13-15H2,(H2,28,29,30)/t20-/m1/s1. The van der Waals surface area contributed by atoms with Crippen LogP contribution >= 0.6 is 0 Å². The number of hydrogen-bond donors (Lipinski definition) is 2. The van der Waals surface area contributed by atoms with E-state index in [1.807, 2.05) is 16.8 Å². The maximum Gasteiger partial charge on any atom is 0.246 e. The third-order valence-electron chi connectivity index (χ3n) is 6.56. The fourth-order valence-electron chi connectivity index (χ4n) is 4.59. The molecule has 196 valence electrons. The minimum absolute atomic E-state index is 0.0147. The molecule has 0 unspecified atom stereocenters. The lowest BCUT2D eigenvalue weighted by atomic mass is 10.1. The summed E-state index contributed by atoms with van der Waals surface area (Å²) in [5.74, 6) is -0.333. The summed E-state index contributed by atoms with van der Waals surface area (Å²) in [5, 5.41) is 5.47. The molecule has 1 aliphatic rings. The summed E-state index contributed by atoms with van der Waals surface area (Å²) in [6.45, 7) is 4.79. The first-order valence-corrected chi connectivity index (χ1v) is 13.5. The van der Waals surface area contributed by atoms with Gasteiger partial charge in [-0.05, 0) is 48.7 Å². The average Bonchev–Trinajstić information content (AvgIpc) is 3.33. The Labute approximate surface area is 219 Å². The Kier molecular flexibility index (Phi) is 6.91. The summed E-state index contributed by atoms with van der Waals surface area (Å²) in [5.41, 5.74) is 8.91. The van der Waals surface area contributed by atoms with Gasteiger partial charge in [0.1, 0.15) is 23.7 Å². The number of carbonyl (C=O) groups excluding carboxylic acids is 1. The fourth-order valence-corrected chi connectivity index (χ4v) is 5.61. The molecule has 3 N–H and O–H groups in total. The number of amides is 1. The number of hydrogen-bond acceptors (Lipinski definition) is 7. The molecule has 1 aliphatic heterocycles. The van der Waals surface area contributed by atoms with Crippen molar-refractivity contribution in [2.45, 2.75) is 30.3 Å². The number of nitrogens with zero attached hydrogens (tertiary/aromatic N) is 5. The summed E-state index contributed by atoms with van der Waals surface area (Å²) >= 11 is 0. The highest BCUT2D eigenvalue weighted by atomic mass is 32.2. The highest BCUT2D eigenvalue weighted by Crippen LogP contribution is 2.34. The van der Waals surface area contributed by atoms with E-state index in [4.69, 9.17) is 10.8 Å². The predicted molar refractivity (Wildman–Crippen MR) is 141 cm³/mol. The van der Waals surface area contributed by atoms with Crippen LogP contribution in [0.3, 0.4) is 0 Å². The van der Waals surface area contributed by atoms with Crippen LogP contribution in [0, 0.1) is 5.82 Å². The quantitative estimate of drug-likeness (QED) is 0.347. The minimum atomic E-state index is -3.79. The molecule has 1 amide bonds. The largest absolute Gasteiger partial charge is 0.383 e. The van der Waals surface area contributed by atoms with Gasteiger partial charge in [-0.3, -0.25) is 4.79 Å². The van der Waals surface area contributed by atoms with E-state index >= 15 is 0 Å². The molecule has 1 atom stereocenters. The molecule has 0 aliphatic carbocycles. The Hall–Kier alpha value is -4.16. The molecule has 12 heteroatoms. The van der Waals surface area contributed by atoms with Gasteiger partial charge in [0.15, 0.2) is 5.65 Å². The molecule has 5 rings (SSSR count). The molecular formula is C26H26FN7O3S. The Morgan fingerprint density at radius 1 is 1.16 bits per heavy atom. The predicted octanol–water partition coefficient (Wildman–Crippen LogP) is 3.04. The number of piperidine rings is 1. The fraction of sp³-hybridized carbons (Fsp3) is 0.231. The molecule has 10 nitrogen and oxygen atoms in total. The summed E-state index contributed by atoms with van der Waals surface area (Å²) < 4.78 is 42.5. The van der Waals surface area contributed by atoms with Gasteiger partial charge in [-0.1, -0.05) is 30.8 Å². The highest BCUT2D eigenvalue weighted by molar-refractivity contribution is 7.89. The van der Waals surface area contributed by atoms with Crippen LogP contribution in [0.5, 0.6) is 0 Å². The van der Waals surface area contributed by atoms with Crippen molar-refractivity contribution in [3.05, 3.63) is 78.9 Å². The molecular weight excluding hydrogens is 509 g/mol. The van der Waals surface area contributed by atoms with Gasteiger partial charge in [0.25, 0.3) is 0 Å². The normalized spacial score (nSPS) is 16.0. The van der Waals surface area contributed by atoms with Crippen molar-refractivity contribution >= 4 is 32.8 Å². The van der Waals surface area contributed by atoms with Gasteiger partial charge in [-0.2, -0.15) is 5.10 Å². The number of benzene rings is 2. The number of aromatic nitrogens is 4. The van der Waals surface area contributed by atoms with Crippen molar-refractivity contribution in [3.8, 4) is 11.3 Å². The lowest BCUT2D eigenvalue weighted by molar-refractivity contribution is -0.127. The van der Waals surface area contributed by atoms with E-state index in [-0.39, 0.29) is 23.4 Å². The first-order valence-electron chi connectivity index (χ1n) is 12.0. The minimum Gasteiger partial charge on any atom is -0.383 e. The summed E-state index contributed by atoms with van der Waals surface area (Å²) in [7, 11) is -3.79. The zero-order valence-corrected chi connectivity index (χ0v) is 21.2. The van der Waals surface area contributed by atoms with Crippen molar-refractivity contribution in [2.24, 2.45) is 0 Å². The van der Waals surface area contributed by atoms with Crippen LogP contribution < -0.4 is 10.5 Å². The Bertz CT molecular complexity index is 1600. The number of nitrogens with one attached hydrogen (secondary N) is 1. The molecule has 0 spiro atoms. The number of sulfonamides is 1. The first kappa shape index (κ1) is 25.5. The lowest BCUT2D eigenvalue weighted by Crippen LogP contribution is -2.40. The maximum absolute atomic E-state index is 13.1. The van der Waals surface area contributed by atoms with E-state index in [1.165, 1.54) is 24.5 Å². The lowest BCUT2D eigenvalue weighted by Gasteiger charge is -2.32. The number of nitrogen functional groups attached to an aromatic ring is 1. The maximum atomic E-state index is 13.1. The molecule has 0 saturated carbocycles. The van der Waals surface area contributed by atoms with Gasteiger partial charge in [-0.15, -0.1) is 0 Å². The number of nitrogens with two attached hydrogens (primary N) is 1. The van der Waals surface area contributed by atoms with Crippen molar-refractivity contribution in [3.63, 3.8) is 0 Å². The van der Waals surface area contributed by atoms with E-state index in [2.05, 4.69) is 21.3 Å². The second-order valence-electron chi connectivity index (χ2n) is 9.01. The summed E-state index contributed by atoms with van der Waals surface area (Å²) in [4.78, 5) is 22.5. The molecule has 3 heterocycles. The molecule has 38 heavy (non-hydrogen) atoms. The second-order valence-corrected chi connectivity index (χ2v) is 10.8. The van der Waals surface area contributed by atoms with Crippen LogP contribution in [-0.4, -0.2) is 52.1 Å². The smallest absolute Gasteiger partial charge is 0.246 e. The number of rotatable bonds is 7. The monoisotopic (exact) mass is 535 g/mol. The van der Waals surface area contributed by atoms with Gasteiger partial charge in [0.05, 0.1) is 16.3 Å². The third kappa shape index (κ3) is 5.00. The Balaban J connectivity index is 1.40. The highest BCUT2D eigenvalue weighted by Gasteiger charge is 2.28. The van der Waals surface area contributed by atoms with Crippen molar-refractivity contribution in [2.75, 3.05) is 18.8 Å². The van der Waals surface area contributed by atoms with Crippen LogP contribution in [0.25, 0.3) is 22.3 Å². The number of halogens is 1. The molecule has 0 radical (unpaired) electrons. The van der Waals surface area contributed by atoms with E-state index in [9.17, 15) is 17.6 Å². The Morgan fingerprint density at radius 3 is 2.61 bits per heavy atom. The van der Waals surface area contributed by atoms with E-state index in [0.29, 0.717) is 35.6 Å². The van der Waals surface area contributed by atoms with Gasteiger partial charge < -0.3 is 10.6 Å². The van der Waals surface area contributed by atoms with Gasteiger partial charge in [0, 0.05) is 25.2 Å². The molecule has 1 saturated heterocycles. The van der Waals surface area contributed by atoms with Crippen molar-refractivity contribution in [1.29, 1.82) is 0 Å². The van der Waals surface area contributed by atoms with Crippen LogP contribution in [-0.2, 0) is 21.4 Å². The van der Waals surface area contributed by atoms with Crippen molar-refractivity contribution in [1.82, 2.24) is 29.4 Å². The summed E-state index contributed by atoms with van der Waals surface area (Å²) in [6, 6.07) is 11.8. The van der Waals surface area contributed by atoms with Gasteiger partial charge >= 0.3 is 0 Å². The molecule has 2 aromatic heterocycles. The summed E-state index contributed by atoms with van der Waals surface area (Å²) in [6.07, 6.45) is 4.36. The average molecular weight is 536 g/mol. The van der Waals surface area contributed by atoms with Crippen LogP contribution in [0.1, 0.15) is 24.4 Å². The SMILES string of the molecule is C=CC(=O)N1CCC[C@@H](n2nc(-c3ccc(CNS(=O)(=O)c4ccc(F)cc4)cc3)c3c(N)ncnc32)C1. The second kappa shape index (κ2) is 10.3. The van der Waals surface area contributed by atoms with E-state index in [1.54, 1.807) is 17.0 Å². The third-order valence-corrected chi connectivity index (χ3v) is 7.98. The molecule has 0 bridgehead atoms. The topological polar surface area (TPSA) is 136 Å². The molecule has 1 fully saturated rings. The number of anilines is 1. The van der Waals surface area contributed by atoms with Crippen LogP contribution in [0.15, 0.2) is 72.4 Å². The number of likely N-dealkylation sites (tertiary alicyclic amines) is 1. The first-order chi connectivity index (χ1) is 18.3. The van der Waals surface area contributed by atoms with Crippen molar-refractivity contribution < 1.29 is 17.6 Å².